The Morgan fingerprint density at radius 2 is 2.00 bits per heavy atom. The Hall–Kier alpha value is -1.68. The fourth-order valence-corrected chi connectivity index (χ4v) is 4.29. The lowest BCUT2D eigenvalue weighted by Gasteiger charge is -2.31. The summed E-state index contributed by atoms with van der Waals surface area (Å²) in [6.07, 6.45) is -0.769. The third kappa shape index (κ3) is 5.40. The van der Waals surface area contributed by atoms with Gasteiger partial charge in [-0.15, -0.1) is 0 Å². The Morgan fingerprint density at radius 3 is 2.60 bits per heavy atom. The fraction of sp³-hybridized carbons (Fsp3) is 0.467. The highest BCUT2D eigenvalue weighted by Gasteiger charge is 2.31. The molecule has 1 saturated heterocycles. The summed E-state index contributed by atoms with van der Waals surface area (Å²) in [5.74, 6) is -0.445. The van der Waals surface area contributed by atoms with Gasteiger partial charge in [0.25, 0.3) is 5.91 Å². The van der Waals surface area contributed by atoms with Crippen LogP contribution < -0.4 is 10.2 Å². The average molecular weight is 391 g/mol. The standard InChI is InChI=1S/C15H20ClN3O5S/c1-2-24-15(21)17-14(20)11-18-6-8-19(9-7-18)25(22,23)13-5-3-4-12(16)10-13/h3-5,10H,2,6-9,11H2,1H3,(H,17,20,21)/p+1. The molecule has 0 aromatic heterocycles. The van der Waals surface area contributed by atoms with Crippen LogP contribution in [0.25, 0.3) is 0 Å². The molecule has 138 valence electrons. The van der Waals surface area contributed by atoms with Crippen molar-refractivity contribution in [2.24, 2.45) is 0 Å². The number of amides is 2. The molecule has 0 spiro atoms. The molecule has 1 aromatic rings. The lowest BCUT2D eigenvalue weighted by molar-refractivity contribution is -0.895. The number of ether oxygens (including phenoxy) is 1. The number of benzene rings is 1. The number of piperazine rings is 1. The Morgan fingerprint density at radius 1 is 1.32 bits per heavy atom. The summed E-state index contributed by atoms with van der Waals surface area (Å²) in [4.78, 5) is 24.0. The Bertz CT molecular complexity index is 732. The predicted molar refractivity (Wildman–Crippen MR) is 90.9 cm³/mol. The number of halogens is 1. The van der Waals surface area contributed by atoms with Crippen LogP contribution in [0.3, 0.4) is 0 Å². The molecule has 1 aromatic carbocycles. The van der Waals surface area contributed by atoms with E-state index in [1.807, 2.05) is 0 Å². The summed E-state index contributed by atoms with van der Waals surface area (Å²) in [5.41, 5.74) is 0. The molecular formula is C15H21ClN3O5S+. The van der Waals surface area contributed by atoms with E-state index in [0.29, 0.717) is 18.1 Å². The van der Waals surface area contributed by atoms with Crippen molar-refractivity contribution in [2.75, 3.05) is 39.3 Å². The average Bonchev–Trinajstić information content (AvgIpc) is 2.55. The maximum atomic E-state index is 12.6. The van der Waals surface area contributed by atoms with E-state index < -0.39 is 22.0 Å². The van der Waals surface area contributed by atoms with Gasteiger partial charge in [-0.1, -0.05) is 17.7 Å². The molecule has 0 saturated carbocycles. The van der Waals surface area contributed by atoms with Crippen molar-refractivity contribution in [2.45, 2.75) is 11.8 Å². The number of hydrogen-bond donors (Lipinski definition) is 2. The number of carbonyl (C=O) groups excluding carboxylic acids is 2. The number of alkyl carbamates (subject to hydrolysis) is 1. The molecule has 0 unspecified atom stereocenters. The quantitative estimate of drug-likeness (QED) is 0.706. The molecular weight excluding hydrogens is 370 g/mol. The number of quaternary nitrogens is 1. The number of rotatable bonds is 5. The number of carbonyl (C=O) groups is 2. The van der Waals surface area contributed by atoms with Gasteiger partial charge in [-0.2, -0.15) is 4.31 Å². The van der Waals surface area contributed by atoms with E-state index >= 15 is 0 Å². The van der Waals surface area contributed by atoms with Crippen molar-refractivity contribution in [1.82, 2.24) is 9.62 Å². The van der Waals surface area contributed by atoms with Gasteiger partial charge in [-0.3, -0.25) is 10.1 Å². The molecule has 0 bridgehead atoms. The zero-order valence-corrected chi connectivity index (χ0v) is 15.4. The molecule has 2 amide bonds. The first-order valence-corrected chi connectivity index (χ1v) is 9.70. The summed E-state index contributed by atoms with van der Waals surface area (Å²) in [6.45, 7) is 3.44. The molecule has 8 nitrogen and oxygen atoms in total. The zero-order chi connectivity index (χ0) is 18.4. The second kappa shape index (κ2) is 8.61. The SMILES string of the molecule is CCOC(=O)NC(=O)C[NH+]1CCN(S(=O)(=O)c2cccc(Cl)c2)CC1. The Balaban J connectivity index is 1.89. The Kier molecular flexibility index (Phi) is 6.77. The molecule has 2 rings (SSSR count). The fourth-order valence-electron chi connectivity index (χ4n) is 2.55. The van der Waals surface area contributed by atoms with Gasteiger partial charge >= 0.3 is 6.09 Å². The van der Waals surface area contributed by atoms with E-state index in [0.717, 1.165) is 4.90 Å². The molecule has 2 N–H and O–H groups in total. The molecule has 10 heteroatoms. The lowest BCUT2D eigenvalue weighted by atomic mass is 10.3. The summed E-state index contributed by atoms with van der Waals surface area (Å²) in [5, 5.41) is 2.50. The van der Waals surface area contributed by atoms with Gasteiger partial charge in [-0.05, 0) is 25.1 Å². The van der Waals surface area contributed by atoms with Crippen LogP contribution in [-0.2, 0) is 19.6 Å². The largest absolute Gasteiger partial charge is 0.450 e. The maximum Gasteiger partial charge on any atom is 0.414 e. The molecule has 1 fully saturated rings. The second-order valence-electron chi connectivity index (χ2n) is 5.56. The van der Waals surface area contributed by atoms with Crippen molar-refractivity contribution in [3.8, 4) is 0 Å². The first-order chi connectivity index (χ1) is 11.8. The number of nitrogens with one attached hydrogen (secondary N) is 2. The minimum absolute atomic E-state index is 0.0872. The van der Waals surface area contributed by atoms with Crippen molar-refractivity contribution < 1.29 is 27.6 Å². The van der Waals surface area contributed by atoms with Crippen molar-refractivity contribution in [3.05, 3.63) is 29.3 Å². The van der Waals surface area contributed by atoms with Crippen LogP contribution in [-0.4, -0.2) is 64.1 Å². The van der Waals surface area contributed by atoms with E-state index in [4.69, 9.17) is 11.6 Å². The van der Waals surface area contributed by atoms with Crippen LogP contribution in [0.15, 0.2) is 29.2 Å². The normalized spacial score (nSPS) is 16.4. The molecule has 0 aliphatic carbocycles. The van der Waals surface area contributed by atoms with Crippen LogP contribution in [0.5, 0.6) is 0 Å². The minimum Gasteiger partial charge on any atom is -0.450 e. The minimum atomic E-state index is -3.60. The maximum absolute atomic E-state index is 12.6. The van der Waals surface area contributed by atoms with Crippen LogP contribution in [0.1, 0.15) is 6.92 Å². The highest BCUT2D eigenvalue weighted by molar-refractivity contribution is 7.89. The second-order valence-corrected chi connectivity index (χ2v) is 7.93. The summed E-state index contributed by atoms with van der Waals surface area (Å²) < 4.78 is 31.2. The van der Waals surface area contributed by atoms with E-state index in [1.54, 1.807) is 19.1 Å². The van der Waals surface area contributed by atoms with Crippen molar-refractivity contribution >= 4 is 33.6 Å². The molecule has 0 atom stereocenters. The van der Waals surface area contributed by atoms with Gasteiger partial charge in [0, 0.05) is 5.02 Å². The predicted octanol–water partition coefficient (Wildman–Crippen LogP) is -0.498. The highest BCUT2D eigenvalue weighted by atomic mass is 35.5. The van der Waals surface area contributed by atoms with Crippen LogP contribution in [0, 0.1) is 0 Å². The van der Waals surface area contributed by atoms with Gasteiger partial charge < -0.3 is 9.64 Å². The molecule has 25 heavy (non-hydrogen) atoms. The van der Waals surface area contributed by atoms with Gasteiger partial charge in [-0.25, -0.2) is 13.2 Å². The van der Waals surface area contributed by atoms with Gasteiger partial charge in [0.15, 0.2) is 6.54 Å². The number of nitrogens with zero attached hydrogens (tertiary/aromatic N) is 1. The topological polar surface area (TPSA) is 97.2 Å². The van der Waals surface area contributed by atoms with Gasteiger partial charge in [0.2, 0.25) is 10.0 Å². The lowest BCUT2D eigenvalue weighted by Crippen LogP contribution is -3.15. The van der Waals surface area contributed by atoms with Crippen molar-refractivity contribution in [1.29, 1.82) is 0 Å². The highest BCUT2D eigenvalue weighted by Crippen LogP contribution is 2.19. The van der Waals surface area contributed by atoms with Crippen LogP contribution in [0.4, 0.5) is 4.79 Å². The number of imide groups is 1. The smallest absolute Gasteiger partial charge is 0.414 e. The molecule has 1 aliphatic heterocycles. The summed E-state index contributed by atoms with van der Waals surface area (Å²) in [7, 11) is -3.60. The molecule has 1 aliphatic rings. The monoisotopic (exact) mass is 390 g/mol. The molecule has 1 heterocycles. The number of sulfonamides is 1. The van der Waals surface area contributed by atoms with Gasteiger partial charge in [0.1, 0.15) is 0 Å². The summed E-state index contributed by atoms with van der Waals surface area (Å²) in [6, 6.07) is 6.14. The third-order valence-electron chi connectivity index (χ3n) is 3.79. The number of hydrogen-bond acceptors (Lipinski definition) is 5. The van der Waals surface area contributed by atoms with Crippen molar-refractivity contribution in [3.63, 3.8) is 0 Å². The zero-order valence-electron chi connectivity index (χ0n) is 13.8. The summed E-state index contributed by atoms with van der Waals surface area (Å²) >= 11 is 5.86. The van der Waals surface area contributed by atoms with E-state index in [9.17, 15) is 18.0 Å². The first kappa shape index (κ1) is 19.6. The van der Waals surface area contributed by atoms with Crippen LogP contribution >= 0.6 is 11.6 Å². The molecule has 0 radical (unpaired) electrons. The third-order valence-corrected chi connectivity index (χ3v) is 5.92. The Labute approximate surface area is 151 Å². The first-order valence-electron chi connectivity index (χ1n) is 7.89. The van der Waals surface area contributed by atoms with E-state index in [2.05, 4.69) is 10.1 Å². The van der Waals surface area contributed by atoms with E-state index in [-0.39, 0.29) is 31.1 Å². The van der Waals surface area contributed by atoms with Gasteiger partial charge in [0.05, 0.1) is 37.7 Å². The van der Waals surface area contributed by atoms with E-state index in [1.165, 1.54) is 16.4 Å². The van der Waals surface area contributed by atoms with Crippen LogP contribution in [0.2, 0.25) is 5.02 Å².